The molecular formula is C15H11F3N2O. The molecule has 2 heterocycles. The zero-order valence-corrected chi connectivity index (χ0v) is 10.9. The Kier molecular flexibility index (Phi) is 2.20. The molecule has 2 aliphatic heterocycles. The second-order valence-corrected chi connectivity index (χ2v) is 5.39. The van der Waals surface area contributed by atoms with Gasteiger partial charge in [-0.2, -0.15) is 13.2 Å². The first-order valence-electron chi connectivity index (χ1n) is 6.64. The summed E-state index contributed by atoms with van der Waals surface area (Å²) in [7, 11) is 0. The smallest absolute Gasteiger partial charge is 0.354 e. The molecule has 1 N–H and O–H groups in total. The standard InChI is InChI=1S/C15H11F3N2O/c16-15(17,18)14-8-7-12(21)20(14)11-6-2-4-9-3-1-5-10(19-14)13(9)11/h1-6,19H,7-8H2/t14-/m0/s1. The zero-order valence-electron chi connectivity index (χ0n) is 10.9. The van der Waals surface area contributed by atoms with Crippen molar-refractivity contribution in [2.75, 3.05) is 10.2 Å². The van der Waals surface area contributed by atoms with Crippen molar-refractivity contribution in [2.24, 2.45) is 0 Å². The van der Waals surface area contributed by atoms with Crippen molar-refractivity contribution in [3.05, 3.63) is 36.4 Å². The lowest BCUT2D eigenvalue weighted by molar-refractivity contribution is -0.176. The predicted molar refractivity (Wildman–Crippen MR) is 73.1 cm³/mol. The Morgan fingerprint density at radius 2 is 1.86 bits per heavy atom. The number of rotatable bonds is 0. The van der Waals surface area contributed by atoms with E-state index in [-0.39, 0.29) is 12.8 Å². The van der Waals surface area contributed by atoms with E-state index < -0.39 is 17.7 Å². The highest BCUT2D eigenvalue weighted by Gasteiger charge is 2.65. The topological polar surface area (TPSA) is 32.3 Å². The number of benzene rings is 2. The molecule has 0 aliphatic carbocycles. The Labute approximate surface area is 118 Å². The van der Waals surface area contributed by atoms with Crippen LogP contribution in [0, 0.1) is 0 Å². The van der Waals surface area contributed by atoms with Crippen molar-refractivity contribution >= 4 is 28.1 Å². The molecule has 2 aromatic rings. The average Bonchev–Trinajstić information content (AvgIpc) is 2.78. The zero-order chi connectivity index (χ0) is 14.8. The van der Waals surface area contributed by atoms with E-state index in [0.717, 1.165) is 10.3 Å². The monoisotopic (exact) mass is 292 g/mol. The fraction of sp³-hybridized carbons (Fsp3) is 0.267. The number of hydrogen-bond acceptors (Lipinski definition) is 2. The van der Waals surface area contributed by atoms with Crippen LogP contribution < -0.4 is 10.2 Å². The first kappa shape index (κ1) is 12.5. The molecule has 0 radical (unpaired) electrons. The number of alkyl halides is 3. The molecule has 0 unspecified atom stereocenters. The van der Waals surface area contributed by atoms with Crippen molar-refractivity contribution in [3.63, 3.8) is 0 Å². The first-order chi connectivity index (χ1) is 9.94. The fourth-order valence-electron chi connectivity index (χ4n) is 3.36. The van der Waals surface area contributed by atoms with Crippen molar-refractivity contribution in [1.82, 2.24) is 0 Å². The number of anilines is 2. The summed E-state index contributed by atoms with van der Waals surface area (Å²) >= 11 is 0. The van der Waals surface area contributed by atoms with E-state index in [0.29, 0.717) is 16.8 Å². The van der Waals surface area contributed by atoms with Gasteiger partial charge < -0.3 is 5.32 Å². The molecule has 1 fully saturated rings. The Bertz CT molecular complexity index is 766. The highest BCUT2D eigenvalue weighted by atomic mass is 19.4. The van der Waals surface area contributed by atoms with E-state index in [1.54, 1.807) is 24.3 Å². The SMILES string of the molecule is O=C1CC[C@]2(C(F)(F)F)Nc3cccc4cccc(c34)N12. The summed E-state index contributed by atoms with van der Waals surface area (Å²) < 4.78 is 41.0. The van der Waals surface area contributed by atoms with Crippen LogP contribution in [0.3, 0.4) is 0 Å². The number of amides is 1. The predicted octanol–water partition coefficient (Wildman–Crippen LogP) is 3.65. The minimum absolute atomic E-state index is 0.114. The molecule has 2 aliphatic rings. The maximum Gasteiger partial charge on any atom is 0.430 e. The maximum atomic E-state index is 13.7. The van der Waals surface area contributed by atoms with Crippen LogP contribution in [0.25, 0.3) is 10.8 Å². The minimum atomic E-state index is -4.55. The number of nitrogens with one attached hydrogen (secondary N) is 1. The third-order valence-electron chi connectivity index (χ3n) is 4.27. The van der Waals surface area contributed by atoms with E-state index in [2.05, 4.69) is 5.32 Å². The molecule has 1 amide bonds. The second kappa shape index (κ2) is 3.69. The number of hydrogen-bond donors (Lipinski definition) is 1. The van der Waals surface area contributed by atoms with Crippen LogP contribution in [0.2, 0.25) is 0 Å². The number of fused-ring (bicyclic) bond motifs is 2. The minimum Gasteiger partial charge on any atom is -0.354 e. The highest BCUT2D eigenvalue weighted by Crippen LogP contribution is 2.52. The molecule has 3 nitrogen and oxygen atoms in total. The lowest BCUT2D eigenvalue weighted by Gasteiger charge is -2.44. The molecular weight excluding hydrogens is 281 g/mol. The van der Waals surface area contributed by atoms with Crippen LogP contribution in [0.1, 0.15) is 12.8 Å². The van der Waals surface area contributed by atoms with Crippen LogP contribution in [0.15, 0.2) is 36.4 Å². The van der Waals surface area contributed by atoms with Gasteiger partial charge in [-0.15, -0.1) is 0 Å². The van der Waals surface area contributed by atoms with Gasteiger partial charge in [0.2, 0.25) is 11.6 Å². The summed E-state index contributed by atoms with van der Waals surface area (Å²) in [5.41, 5.74) is -1.57. The molecule has 1 saturated heterocycles. The van der Waals surface area contributed by atoms with Crippen LogP contribution >= 0.6 is 0 Å². The van der Waals surface area contributed by atoms with Crippen molar-refractivity contribution in [2.45, 2.75) is 24.7 Å². The quantitative estimate of drug-likeness (QED) is 0.804. The third kappa shape index (κ3) is 1.42. The largest absolute Gasteiger partial charge is 0.430 e. The van der Waals surface area contributed by atoms with Crippen molar-refractivity contribution in [3.8, 4) is 0 Å². The van der Waals surface area contributed by atoms with Crippen LogP contribution in [-0.2, 0) is 4.79 Å². The molecule has 4 rings (SSSR count). The van der Waals surface area contributed by atoms with Gasteiger partial charge in [0, 0.05) is 23.9 Å². The molecule has 108 valence electrons. The van der Waals surface area contributed by atoms with E-state index in [9.17, 15) is 18.0 Å². The molecule has 0 spiro atoms. The average molecular weight is 292 g/mol. The van der Waals surface area contributed by atoms with E-state index >= 15 is 0 Å². The Hall–Kier alpha value is -2.24. The first-order valence-corrected chi connectivity index (χ1v) is 6.64. The molecule has 0 saturated carbocycles. The third-order valence-corrected chi connectivity index (χ3v) is 4.27. The summed E-state index contributed by atoms with van der Waals surface area (Å²) in [6.45, 7) is 0. The van der Waals surface area contributed by atoms with E-state index in [4.69, 9.17) is 0 Å². The molecule has 1 atom stereocenters. The van der Waals surface area contributed by atoms with Gasteiger partial charge in [-0.1, -0.05) is 24.3 Å². The van der Waals surface area contributed by atoms with E-state index in [1.165, 1.54) is 0 Å². The molecule has 0 aromatic heterocycles. The van der Waals surface area contributed by atoms with Gasteiger partial charge >= 0.3 is 6.18 Å². The molecule has 6 heteroatoms. The normalized spacial score (nSPS) is 24.1. The molecule has 0 bridgehead atoms. The number of carbonyl (C=O) groups excluding carboxylic acids is 1. The highest BCUT2D eigenvalue weighted by molar-refractivity contribution is 6.13. The second-order valence-electron chi connectivity index (χ2n) is 5.39. The lowest BCUT2D eigenvalue weighted by atomic mass is 9.97. The van der Waals surface area contributed by atoms with Crippen molar-refractivity contribution in [1.29, 1.82) is 0 Å². The summed E-state index contributed by atoms with van der Waals surface area (Å²) in [4.78, 5) is 13.0. The number of carbonyl (C=O) groups is 1. The van der Waals surface area contributed by atoms with Gasteiger partial charge in [-0.3, -0.25) is 9.69 Å². The van der Waals surface area contributed by atoms with Crippen LogP contribution in [0.5, 0.6) is 0 Å². The van der Waals surface area contributed by atoms with Gasteiger partial charge in [0.25, 0.3) is 0 Å². The van der Waals surface area contributed by atoms with Gasteiger partial charge in [0.05, 0.1) is 5.69 Å². The summed E-state index contributed by atoms with van der Waals surface area (Å²) in [5, 5.41) is 4.06. The van der Waals surface area contributed by atoms with Gasteiger partial charge in [-0.25, -0.2) is 0 Å². The number of halogens is 3. The Morgan fingerprint density at radius 1 is 1.14 bits per heavy atom. The summed E-state index contributed by atoms with van der Waals surface area (Å²) in [6.07, 6.45) is -4.94. The van der Waals surface area contributed by atoms with Crippen LogP contribution in [0.4, 0.5) is 24.5 Å². The summed E-state index contributed by atoms with van der Waals surface area (Å²) in [6, 6.07) is 10.2. The van der Waals surface area contributed by atoms with Gasteiger partial charge in [0.1, 0.15) is 0 Å². The molecule has 21 heavy (non-hydrogen) atoms. The van der Waals surface area contributed by atoms with Crippen LogP contribution in [-0.4, -0.2) is 17.7 Å². The van der Waals surface area contributed by atoms with Crippen molar-refractivity contribution < 1.29 is 18.0 Å². The fourth-order valence-corrected chi connectivity index (χ4v) is 3.36. The summed E-state index contributed by atoms with van der Waals surface area (Å²) in [5.74, 6) is -0.498. The van der Waals surface area contributed by atoms with Gasteiger partial charge in [-0.05, 0) is 17.5 Å². The Balaban J connectivity index is 2.07. The Morgan fingerprint density at radius 3 is 2.57 bits per heavy atom. The lowest BCUT2D eigenvalue weighted by Crippen LogP contribution is -2.63. The van der Waals surface area contributed by atoms with Gasteiger partial charge in [0.15, 0.2) is 0 Å². The molecule has 2 aromatic carbocycles. The number of nitrogens with zero attached hydrogens (tertiary/aromatic N) is 1. The maximum absolute atomic E-state index is 13.7. The van der Waals surface area contributed by atoms with E-state index in [1.807, 2.05) is 12.1 Å².